The predicted molar refractivity (Wildman–Crippen MR) is 108 cm³/mol. The van der Waals surface area contributed by atoms with Gasteiger partial charge in [-0.2, -0.15) is 0 Å². The van der Waals surface area contributed by atoms with Gasteiger partial charge in [0.1, 0.15) is 16.5 Å². The molecular weight excluding hydrogens is 376 g/mol. The number of rotatable bonds is 7. The second kappa shape index (κ2) is 8.08. The van der Waals surface area contributed by atoms with Crippen LogP contribution in [0.15, 0.2) is 41.8 Å². The Hall–Kier alpha value is -2.77. The Labute approximate surface area is 168 Å². The maximum atomic E-state index is 5.49. The van der Waals surface area contributed by atoms with E-state index in [1.807, 2.05) is 36.4 Å². The molecule has 3 aromatic rings. The molecule has 146 valence electrons. The Morgan fingerprint density at radius 1 is 1.11 bits per heavy atom. The van der Waals surface area contributed by atoms with Crippen LogP contribution >= 0.6 is 11.3 Å². The van der Waals surface area contributed by atoms with Crippen LogP contribution in [0.4, 0.5) is 0 Å². The van der Waals surface area contributed by atoms with Crippen LogP contribution in [0.2, 0.25) is 0 Å². The number of nitrogens with one attached hydrogen (secondary N) is 1. The monoisotopic (exact) mass is 398 g/mol. The molecule has 0 bridgehead atoms. The van der Waals surface area contributed by atoms with E-state index < -0.39 is 0 Å². The largest absolute Gasteiger partial charge is 0.497 e. The van der Waals surface area contributed by atoms with Crippen molar-refractivity contribution in [1.82, 2.24) is 10.3 Å². The normalized spacial score (nSPS) is 13.4. The van der Waals surface area contributed by atoms with Crippen LogP contribution in [0.5, 0.6) is 23.0 Å². The number of fused-ring (bicyclic) bond motifs is 1. The van der Waals surface area contributed by atoms with Gasteiger partial charge in [-0.15, -0.1) is 11.3 Å². The molecule has 1 aliphatic rings. The molecular formula is C21H22N2O4S. The smallest absolute Gasteiger partial charge is 0.231 e. The maximum Gasteiger partial charge on any atom is 0.231 e. The van der Waals surface area contributed by atoms with Gasteiger partial charge in [-0.3, -0.25) is 0 Å². The average molecular weight is 398 g/mol. The summed E-state index contributed by atoms with van der Waals surface area (Å²) in [6.07, 6.45) is 0. The fourth-order valence-electron chi connectivity index (χ4n) is 3.10. The highest BCUT2D eigenvalue weighted by molar-refractivity contribution is 7.13. The molecule has 1 N–H and O–H groups in total. The first-order chi connectivity index (χ1) is 13.7. The molecule has 2 heterocycles. The van der Waals surface area contributed by atoms with Gasteiger partial charge in [0, 0.05) is 29.1 Å². The molecule has 0 amide bonds. The molecule has 1 aliphatic heterocycles. The lowest BCUT2D eigenvalue weighted by atomic mass is 10.1. The first-order valence-corrected chi connectivity index (χ1v) is 9.85. The molecule has 28 heavy (non-hydrogen) atoms. The van der Waals surface area contributed by atoms with E-state index in [1.54, 1.807) is 25.6 Å². The third-order valence-corrected chi connectivity index (χ3v) is 5.60. The number of benzene rings is 2. The summed E-state index contributed by atoms with van der Waals surface area (Å²) in [7, 11) is 3.34. The standard InChI is InChI=1S/C21H22N2O4S/c1-13(17-9-16(24-2)5-7-18(17)25-3)22-10-15-11-28-21(23-15)14-4-6-19-20(8-14)27-12-26-19/h4-9,11,13,22H,10,12H2,1-3H3. The first kappa shape index (κ1) is 18.6. The van der Waals surface area contributed by atoms with Gasteiger partial charge < -0.3 is 24.3 Å². The molecule has 0 aliphatic carbocycles. The Kier molecular flexibility index (Phi) is 5.36. The molecule has 0 saturated heterocycles. The summed E-state index contributed by atoms with van der Waals surface area (Å²) in [4.78, 5) is 4.75. The molecule has 1 aromatic heterocycles. The molecule has 0 radical (unpaired) electrons. The Morgan fingerprint density at radius 2 is 1.96 bits per heavy atom. The third-order valence-electron chi connectivity index (χ3n) is 4.66. The lowest BCUT2D eigenvalue weighted by Gasteiger charge is -2.17. The summed E-state index contributed by atoms with van der Waals surface area (Å²) in [6.45, 7) is 3.03. The van der Waals surface area contributed by atoms with Crippen molar-refractivity contribution in [3.05, 3.63) is 53.0 Å². The maximum absolute atomic E-state index is 5.49. The van der Waals surface area contributed by atoms with Gasteiger partial charge in [0.15, 0.2) is 11.5 Å². The quantitative estimate of drug-likeness (QED) is 0.636. The minimum absolute atomic E-state index is 0.0840. The summed E-state index contributed by atoms with van der Waals surface area (Å²) in [5.74, 6) is 3.19. The van der Waals surface area contributed by atoms with E-state index in [9.17, 15) is 0 Å². The minimum Gasteiger partial charge on any atom is -0.497 e. The number of methoxy groups -OCH3 is 2. The number of thiazole rings is 1. The number of aromatic nitrogens is 1. The first-order valence-electron chi connectivity index (χ1n) is 8.97. The Bertz CT molecular complexity index is 973. The van der Waals surface area contributed by atoms with Crippen LogP contribution in [0.3, 0.4) is 0 Å². The van der Waals surface area contributed by atoms with Gasteiger partial charge in [0.05, 0.1) is 19.9 Å². The van der Waals surface area contributed by atoms with Crippen LogP contribution in [0.25, 0.3) is 10.6 Å². The molecule has 2 aromatic carbocycles. The summed E-state index contributed by atoms with van der Waals surface area (Å²) in [5, 5.41) is 6.54. The van der Waals surface area contributed by atoms with E-state index in [2.05, 4.69) is 17.6 Å². The fraction of sp³-hybridized carbons (Fsp3) is 0.286. The SMILES string of the molecule is COc1ccc(OC)c(C(C)NCc2csc(-c3ccc4c(c3)OCO4)n2)c1. The highest BCUT2D eigenvalue weighted by atomic mass is 32.1. The van der Waals surface area contributed by atoms with Crippen molar-refractivity contribution in [2.75, 3.05) is 21.0 Å². The predicted octanol–water partition coefficient (Wildman–Crippen LogP) is 4.41. The average Bonchev–Trinajstić information content (AvgIpc) is 3.40. The number of hydrogen-bond acceptors (Lipinski definition) is 7. The van der Waals surface area contributed by atoms with Gasteiger partial charge in [0.2, 0.25) is 6.79 Å². The highest BCUT2D eigenvalue weighted by Crippen LogP contribution is 2.36. The van der Waals surface area contributed by atoms with Crippen molar-refractivity contribution in [2.45, 2.75) is 19.5 Å². The lowest BCUT2D eigenvalue weighted by Crippen LogP contribution is -2.19. The summed E-state index contributed by atoms with van der Waals surface area (Å²) < 4.78 is 21.6. The Balaban J connectivity index is 1.45. The van der Waals surface area contributed by atoms with Crippen molar-refractivity contribution < 1.29 is 18.9 Å². The zero-order valence-electron chi connectivity index (χ0n) is 16.0. The van der Waals surface area contributed by atoms with Gasteiger partial charge in [-0.25, -0.2) is 4.98 Å². The molecule has 4 rings (SSSR count). The lowest BCUT2D eigenvalue weighted by molar-refractivity contribution is 0.174. The van der Waals surface area contributed by atoms with E-state index in [0.717, 1.165) is 44.8 Å². The van der Waals surface area contributed by atoms with E-state index >= 15 is 0 Å². The third kappa shape index (κ3) is 3.76. The number of ether oxygens (including phenoxy) is 4. The van der Waals surface area contributed by atoms with Crippen molar-refractivity contribution >= 4 is 11.3 Å². The molecule has 0 saturated carbocycles. The van der Waals surface area contributed by atoms with Crippen LogP contribution in [-0.2, 0) is 6.54 Å². The molecule has 1 unspecified atom stereocenters. The fourth-order valence-corrected chi connectivity index (χ4v) is 3.91. The van der Waals surface area contributed by atoms with Crippen molar-refractivity contribution in [2.24, 2.45) is 0 Å². The van der Waals surface area contributed by atoms with E-state index in [0.29, 0.717) is 6.54 Å². The van der Waals surface area contributed by atoms with Crippen LogP contribution in [0, 0.1) is 0 Å². The van der Waals surface area contributed by atoms with Gasteiger partial charge in [-0.05, 0) is 43.3 Å². The van der Waals surface area contributed by atoms with Crippen molar-refractivity contribution in [3.8, 4) is 33.6 Å². The van der Waals surface area contributed by atoms with Crippen molar-refractivity contribution in [1.29, 1.82) is 0 Å². The van der Waals surface area contributed by atoms with Crippen LogP contribution < -0.4 is 24.3 Å². The highest BCUT2D eigenvalue weighted by Gasteiger charge is 2.16. The topological polar surface area (TPSA) is 61.8 Å². The summed E-state index contributed by atoms with van der Waals surface area (Å²) in [5.41, 5.74) is 3.07. The minimum atomic E-state index is 0.0840. The Morgan fingerprint density at radius 3 is 2.79 bits per heavy atom. The molecule has 6 nitrogen and oxygen atoms in total. The molecule has 0 fully saturated rings. The second-order valence-electron chi connectivity index (χ2n) is 6.42. The molecule has 7 heteroatoms. The van der Waals surface area contributed by atoms with E-state index in [-0.39, 0.29) is 12.8 Å². The van der Waals surface area contributed by atoms with E-state index in [1.165, 1.54) is 0 Å². The van der Waals surface area contributed by atoms with Crippen LogP contribution in [-0.4, -0.2) is 26.0 Å². The number of nitrogens with zero attached hydrogens (tertiary/aromatic N) is 1. The molecule has 0 spiro atoms. The van der Waals surface area contributed by atoms with Crippen molar-refractivity contribution in [3.63, 3.8) is 0 Å². The number of hydrogen-bond donors (Lipinski definition) is 1. The summed E-state index contributed by atoms with van der Waals surface area (Å²) >= 11 is 1.62. The van der Waals surface area contributed by atoms with Gasteiger partial charge in [-0.1, -0.05) is 0 Å². The zero-order valence-corrected chi connectivity index (χ0v) is 16.8. The molecule has 1 atom stereocenters. The van der Waals surface area contributed by atoms with E-state index in [4.69, 9.17) is 23.9 Å². The summed E-state index contributed by atoms with van der Waals surface area (Å²) in [6, 6.07) is 11.8. The van der Waals surface area contributed by atoms with Crippen LogP contribution in [0.1, 0.15) is 24.2 Å². The van der Waals surface area contributed by atoms with Gasteiger partial charge in [0.25, 0.3) is 0 Å². The van der Waals surface area contributed by atoms with Gasteiger partial charge >= 0.3 is 0 Å². The second-order valence-corrected chi connectivity index (χ2v) is 7.28. The zero-order chi connectivity index (χ0) is 19.5.